The van der Waals surface area contributed by atoms with Crippen molar-refractivity contribution in [1.29, 1.82) is 0 Å². The van der Waals surface area contributed by atoms with E-state index in [1.807, 2.05) is 34.9 Å². The number of aryl methyl sites for hydroxylation is 1. The second kappa shape index (κ2) is 6.17. The Morgan fingerprint density at radius 3 is 2.43 bits per heavy atom. The molecule has 3 rings (SSSR count). The molecule has 108 valence electrons. The highest BCUT2D eigenvalue weighted by molar-refractivity contribution is 9.10. The van der Waals surface area contributed by atoms with E-state index < -0.39 is 0 Å². The molecule has 0 spiro atoms. The zero-order valence-electron chi connectivity index (χ0n) is 10.8. The van der Waals surface area contributed by atoms with Gasteiger partial charge in [0.25, 0.3) is 0 Å². The first kappa shape index (κ1) is 15.2. The molecule has 0 aliphatic heterocycles. The minimum atomic E-state index is 0.499. The van der Waals surface area contributed by atoms with Crippen LogP contribution in [0.2, 0.25) is 10.0 Å². The van der Waals surface area contributed by atoms with Gasteiger partial charge in [0.15, 0.2) is 0 Å². The maximum absolute atomic E-state index is 6.13. The van der Waals surface area contributed by atoms with E-state index in [1.165, 1.54) is 0 Å². The summed E-state index contributed by atoms with van der Waals surface area (Å²) in [5.74, 6) is 1.38. The number of halogens is 4. The summed E-state index contributed by atoms with van der Waals surface area (Å²) in [6, 6.07) is 11.4. The molecule has 21 heavy (non-hydrogen) atoms. The molecule has 0 saturated heterocycles. The fourth-order valence-corrected chi connectivity index (χ4v) is 3.34. The molecule has 0 aliphatic carbocycles. The van der Waals surface area contributed by atoms with Crippen molar-refractivity contribution in [2.24, 2.45) is 0 Å². The lowest BCUT2D eigenvalue weighted by Gasteiger charge is -2.10. The van der Waals surface area contributed by atoms with Crippen LogP contribution < -0.4 is 0 Å². The number of imidazole rings is 1. The molecule has 6 heteroatoms. The van der Waals surface area contributed by atoms with E-state index in [0.29, 0.717) is 22.3 Å². The van der Waals surface area contributed by atoms with Crippen molar-refractivity contribution in [1.82, 2.24) is 9.55 Å². The molecule has 0 atom stereocenters. The van der Waals surface area contributed by atoms with Crippen LogP contribution in [0, 0.1) is 0 Å². The Morgan fingerprint density at radius 1 is 1.05 bits per heavy atom. The average molecular weight is 405 g/mol. The highest BCUT2D eigenvalue weighted by Crippen LogP contribution is 2.28. The SMILES string of the molecule is ClCCc1nc2ccc(Br)cc2n1-c1cc(Cl)cc(Cl)c1. The number of hydrogen-bond donors (Lipinski definition) is 0. The van der Waals surface area contributed by atoms with Crippen LogP contribution in [-0.2, 0) is 6.42 Å². The first-order valence-electron chi connectivity index (χ1n) is 6.28. The largest absolute Gasteiger partial charge is 0.296 e. The van der Waals surface area contributed by atoms with Crippen LogP contribution in [0.25, 0.3) is 16.7 Å². The smallest absolute Gasteiger partial charge is 0.115 e. The number of rotatable bonds is 3. The molecule has 0 saturated carbocycles. The lowest BCUT2D eigenvalue weighted by Crippen LogP contribution is -2.02. The fourth-order valence-electron chi connectivity index (χ4n) is 2.31. The number of fused-ring (bicyclic) bond motifs is 1. The summed E-state index contributed by atoms with van der Waals surface area (Å²) in [7, 11) is 0. The van der Waals surface area contributed by atoms with Gasteiger partial charge in [0.2, 0.25) is 0 Å². The number of aromatic nitrogens is 2. The van der Waals surface area contributed by atoms with E-state index in [2.05, 4.69) is 20.9 Å². The number of hydrogen-bond acceptors (Lipinski definition) is 1. The second-order valence-corrected chi connectivity index (χ2v) is 6.73. The van der Waals surface area contributed by atoms with E-state index >= 15 is 0 Å². The van der Waals surface area contributed by atoms with E-state index in [-0.39, 0.29) is 0 Å². The quantitative estimate of drug-likeness (QED) is 0.499. The summed E-state index contributed by atoms with van der Waals surface area (Å²) in [6.45, 7) is 0. The summed E-state index contributed by atoms with van der Waals surface area (Å²) < 4.78 is 3.03. The minimum Gasteiger partial charge on any atom is -0.296 e. The molecule has 2 nitrogen and oxygen atoms in total. The Hall–Kier alpha value is -0.740. The Bertz CT molecular complexity index is 794. The van der Waals surface area contributed by atoms with Crippen LogP contribution in [0.4, 0.5) is 0 Å². The molecule has 0 amide bonds. The van der Waals surface area contributed by atoms with E-state index in [0.717, 1.165) is 27.0 Å². The van der Waals surface area contributed by atoms with Gasteiger partial charge in [-0.1, -0.05) is 39.1 Å². The monoisotopic (exact) mass is 402 g/mol. The van der Waals surface area contributed by atoms with Gasteiger partial charge in [0, 0.05) is 26.8 Å². The van der Waals surface area contributed by atoms with Crippen LogP contribution >= 0.6 is 50.7 Å². The van der Waals surface area contributed by atoms with Gasteiger partial charge in [0.1, 0.15) is 5.82 Å². The third kappa shape index (κ3) is 3.07. The van der Waals surface area contributed by atoms with Crippen molar-refractivity contribution >= 4 is 61.8 Å². The van der Waals surface area contributed by atoms with Crippen molar-refractivity contribution in [3.05, 3.63) is 56.7 Å². The predicted molar refractivity (Wildman–Crippen MR) is 93.2 cm³/mol. The molecule has 0 aliphatic rings. The second-order valence-electron chi connectivity index (χ2n) is 4.56. The Balaban J connectivity index is 2.32. The lowest BCUT2D eigenvalue weighted by molar-refractivity contribution is 0.912. The van der Waals surface area contributed by atoms with Crippen molar-refractivity contribution in [3.63, 3.8) is 0 Å². The summed E-state index contributed by atoms with van der Waals surface area (Å²) in [4.78, 5) is 4.65. The van der Waals surface area contributed by atoms with Gasteiger partial charge in [0.05, 0.1) is 16.7 Å². The molecule has 1 aromatic heterocycles. The lowest BCUT2D eigenvalue weighted by atomic mass is 10.2. The van der Waals surface area contributed by atoms with Gasteiger partial charge in [-0.05, 0) is 36.4 Å². The highest BCUT2D eigenvalue weighted by atomic mass is 79.9. The standard InChI is InChI=1S/C15H10BrCl3N2/c16-9-1-2-13-14(5-9)21(15(20-13)3-4-17)12-7-10(18)6-11(19)8-12/h1-2,5-8H,3-4H2. The predicted octanol–water partition coefficient (Wildman–Crippen LogP) is 5.88. The molecule has 0 fully saturated rings. The molecule has 0 radical (unpaired) electrons. The summed E-state index contributed by atoms with van der Waals surface area (Å²) in [5.41, 5.74) is 2.78. The Labute approximate surface area is 145 Å². The zero-order chi connectivity index (χ0) is 15.0. The number of benzene rings is 2. The van der Waals surface area contributed by atoms with Gasteiger partial charge in [-0.15, -0.1) is 11.6 Å². The third-order valence-corrected chi connectivity index (χ3v) is 4.23. The Kier molecular flexibility index (Phi) is 4.46. The number of nitrogens with zero attached hydrogens (tertiary/aromatic N) is 2. The molecule has 0 unspecified atom stereocenters. The maximum Gasteiger partial charge on any atom is 0.115 e. The molecule has 2 aromatic carbocycles. The molecule has 3 aromatic rings. The van der Waals surface area contributed by atoms with Crippen molar-refractivity contribution < 1.29 is 0 Å². The van der Waals surface area contributed by atoms with Crippen LogP contribution in [-0.4, -0.2) is 15.4 Å². The Morgan fingerprint density at radius 2 is 1.76 bits per heavy atom. The summed E-state index contributed by atoms with van der Waals surface area (Å²) in [6.07, 6.45) is 0.665. The minimum absolute atomic E-state index is 0.499. The summed E-state index contributed by atoms with van der Waals surface area (Å²) in [5, 5.41) is 1.18. The topological polar surface area (TPSA) is 17.8 Å². The zero-order valence-corrected chi connectivity index (χ0v) is 14.6. The van der Waals surface area contributed by atoms with Crippen molar-refractivity contribution in [2.75, 3.05) is 5.88 Å². The van der Waals surface area contributed by atoms with Gasteiger partial charge < -0.3 is 0 Å². The van der Waals surface area contributed by atoms with E-state index in [4.69, 9.17) is 34.8 Å². The fraction of sp³-hybridized carbons (Fsp3) is 0.133. The molecular formula is C15H10BrCl3N2. The first-order chi connectivity index (χ1) is 10.1. The van der Waals surface area contributed by atoms with E-state index in [1.54, 1.807) is 6.07 Å². The van der Waals surface area contributed by atoms with Crippen LogP contribution in [0.1, 0.15) is 5.82 Å². The molecule has 1 heterocycles. The number of alkyl halides is 1. The van der Waals surface area contributed by atoms with Gasteiger partial charge in [-0.2, -0.15) is 0 Å². The molecule has 0 bridgehead atoms. The van der Waals surface area contributed by atoms with Gasteiger partial charge in [-0.3, -0.25) is 4.57 Å². The maximum atomic E-state index is 6.13. The first-order valence-corrected chi connectivity index (χ1v) is 8.36. The van der Waals surface area contributed by atoms with E-state index in [9.17, 15) is 0 Å². The summed E-state index contributed by atoms with van der Waals surface area (Å²) >= 11 is 21.6. The third-order valence-electron chi connectivity index (χ3n) is 3.11. The average Bonchev–Trinajstić information content (AvgIpc) is 2.75. The van der Waals surface area contributed by atoms with Crippen LogP contribution in [0.15, 0.2) is 40.9 Å². The highest BCUT2D eigenvalue weighted by Gasteiger charge is 2.13. The van der Waals surface area contributed by atoms with Crippen molar-refractivity contribution in [3.8, 4) is 5.69 Å². The molecule has 0 N–H and O–H groups in total. The normalized spacial score (nSPS) is 11.2. The van der Waals surface area contributed by atoms with Crippen LogP contribution in [0.5, 0.6) is 0 Å². The van der Waals surface area contributed by atoms with Gasteiger partial charge >= 0.3 is 0 Å². The van der Waals surface area contributed by atoms with Crippen LogP contribution in [0.3, 0.4) is 0 Å². The molecular weight excluding hydrogens is 394 g/mol. The van der Waals surface area contributed by atoms with Crippen molar-refractivity contribution in [2.45, 2.75) is 6.42 Å². The van der Waals surface area contributed by atoms with Gasteiger partial charge in [-0.25, -0.2) is 4.98 Å².